The number of esters is 1. The maximum atomic E-state index is 11.6. The highest BCUT2D eigenvalue weighted by Gasteiger charge is 2.20. The first-order valence-electron chi connectivity index (χ1n) is 9.71. The van der Waals surface area contributed by atoms with E-state index < -0.39 is 0 Å². The molecule has 150 valence electrons. The van der Waals surface area contributed by atoms with Crippen molar-refractivity contribution >= 4 is 39.9 Å². The Morgan fingerprint density at radius 1 is 1.25 bits per heavy atom. The van der Waals surface area contributed by atoms with Crippen LogP contribution in [0.2, 0.25) is 5.15 Å². The molecule has 0 bridgehead atoms. The summed E-state index contributed by atoms with van der Waals surface area (Å²) >= 11 is 6.01. The van der Waals surface area contributed by atoms with Crippen molar-refractivity contribution in [2.45, 2.75) is 32.1 Å². The number of nitrogens with one attached hydrogen (secondary N) is 1. The SMILES string of the molecule is CNC(=O)COC(=O)CCCC1CCN(c2ccc3cnc(Cl)cc3c2)CC1. The van der Waals surface area contributed by atoms with E-state index in [9.17, 15) is 9.59 Å². The number of halogens is 1. The van der Waals surface area contributed by atoms with E-state index in [1.807, 2.05) is 6.07 Å². The quantitative estimate of drug-likeness (QED) is 0.565. The number of carbonyl (C=O) groups is 2. The van der Waals surface area contributed by atoms with Crippen LogP contribution in [0.1, 0.15) is 32.1 Å². The van der Waals surface area contributed by atoms with Gasteiger partial charge in [0, 0.05) is 43.8 Å². The van der Waals surface area contributed by atoms with Crippen LogP contribution in [0, 0.1) is 5.92 Å². The summed E-state index contributed by atoms with van der Waals surface area (Å²) < 4.78 is 4.93. The van der Waals surface area contributed by atoms with Crippen LogP contribution in [0.15, 0.2) is 30.5 Å². The number of aromatic nitrogens is 1. The summed E-state index contributed by atoms with van der Waals surface area (Å²) in [5.74, 6) is 0.0420. The van der Waals surface area contributed by atoms with Crippen molar-refractivity contribution < 1.29 is 14.3 Å². The molecule has 2 heterocycles. The molecule has 28 heavy (non-hydrogen) atoms. The number of fused-ring (bicyclic) bond motifs is 1. The van der Waals surface area contributed by atoms with Crippen LogP contribution in [-0.4, -0.2) is 43.6 Å². The van der Waals surface area contributed by atoms with Gasteiger partial charge in [-0.2, -0.15) is 0 Å². The lowest BCUT2D eigenvalue weighted by molar-refractivity contribution is -0.148. The number of hydrogen-bond acceptors (Lipinski definition) is 5. The zero-order valence-electron chi connectivity index (χ0n) is 16.1. The number of ether oxygens (including phenoxy) is 1. The Morgan fingerprint density at radius 2 is 2.04 bits per heavy atom. The van der Waals surface area contributed by atoms with E-state index in [0.717, 1.165) is 49.5 Å². The monoisotopic (exact) mass is 403 g/mol. The maximum absolute atomic E-state index is 11.6. The summed E-state index contributed by atoms with van der Waals surface area (Å²) in [5, 5.41) is 5.13. The number of anilines is 1. The Bertz CT molecular complexity index is 835. The van der Waals surface area contributed by atoms with Crippen LogP contribution in [0.5, 0.6) is 0 Å². The van der Waals surface area contributed by atoms with Crippen molar-refractivity contribution in [3.8, 4) is 0 Å². The Balaban J connectivity index is 1.42. The van der Waals surface area contributed by atoms with Gasteiger partial charge >= 0.3 is 5.97 Å². The zero-order valence-corrected chi connectivity index (χ0v) is 16.9. The molecule has 1 aliphatic heterocycles. The minimum Gasteiger partial charge on any atom is -0.456 e. The first-order valence-corrected chi connectivity index (χ1v) is 10.1. The predicted octanol–water partition coefficient (Wildman–Crippen LogP) is 3.56. The third-order valence-electron chi connectivity index (χ3n) is 5.29. The molecule has 0 radical (unpaired) electrons. The molecule has 1 aromatic carbocycles. The van der Waals surface area contributed by atoms with Crippen LogP contribution < -0.4 is 10.2 Å². The molecule has 6 nitrogen and oxygen atoms in total. The number of piperidine rings is 1. The molecule has 0 atom stereocenters. The normalized spacial score (nSPS) is 14.9. The number of rotatable bonds is 7. The Hall–Kier alpha value is -2.34. The zero-order chi connectivity index (χ0) is 19.9. The Labute approximate surface area is 170 Å². The van der Waals surface area contributed by atoms with E-state index in [1.165, 1.54) is 12.7 Å². The largest absolute Gasteiger partial charge is 0.456 e. The average Bonchev–Trinajstić information content (AvgIpc) is 2.72. The van der Waals surface area contributed by atoms with E-state index in [1.54, 1.807) is 6.20 Å². The maximum Gasteiger partial charge on any atom is 0.306 e. The van der Waals surface area contributed by atoms with E-state index in [4.69, 9.17) is 16.3 Å². The van der Waals surface area contributed by atoms with Crippen molar-refractivity contribution in [2.75, 3.05) is 31.6 Å². The molecule has 1 fully saturated rings. The van der Waals surface area contributed by atoms with Crippen molar-refractivity contribution in [1.29, 1.82) is 0 Å². The fourth-order valence-electron chi connectivity index (χ4n) is 3.60. The lowest BCUT2D eigenvalue weighted by atomic mass is 9.91. The summed E-state index contributed by atoms with van der Waals surface area (Å²) in [6.45, 7) is 1.83. The van der Waals surface area contributed by atoms with Crippen LogP contribution >= 0.6 is 11.6 Å². The van der Waals surface area contributed by atoms with Gasteiger partial charge in [-0.1, -0.05) is 17.7 Å². The van der Waals surface area contributed by atoms with Gasteiger partial charge in [0.05, 0.1) is 0 Å². The summed E-state index contributed by atoms with van der Waals surface area (Å²) in [6.07, 6.45) is 6.22. The predicted molar refractivity (Wildman–Crippen MR) is 111 cm³/mol. The van der Waals surface area contributed by atoms with Crippen LogP contribution in [0.25, 0.3) is 10.8 Å². The lowest BCUT2D eigenvalue weighted by Crippen LogP contribution is -2.33. The molecule has 1 N–H and O–H groups in total. The number of pyridine rings is 1. The highest BCUT2D eigenvalue weighted by Crippen LogP contribution is 2.29. The first kappa shape index (κ1) is 20.4. The number of nitrogens with zero attached hydrogens (tertiary/aromatic N) is 2. The molecule has 1 aliphatic rings. The standard InChI is InChI=1S/C21H26ClN3O3/c1-23-20(26)14-28-21(27)4-2-3-15-7-9-25(10-8-15)18-6-5-16-13-24-19(22)12-17(16)11-18/h5-6,11-13,15H,2-4,7-10,14H2,1H3,(H,23,26). The molecule has 1 saturated heterocycles. The summed E-state index contributed by atoms with van der Waals surface area (Å²) in [7, 11) is 1.52. The van der Waals surface area contributed by atoms with E-state index in [-0.39, 0.29) is 18.5 Å². The number of benzene rings is 1. The highest BCUT2D eigenvalue weighted by molar-refractivity contribution is 6.30. The van der Waals surface area contributed by atoms with Gasteiger partial charge in [0.1, 0.15) is 5.15 Å². The molecule has 1 amide bonds. The number of amides is 1. The average molecular weight is 404 g/mol. The second kappa shape index (κ2) is 9.73. The molecule has 7 heteroatoms. The number of hydrogen-bond donors (Lipinski definition) is 1. The van der Waals surface area contributed by atoms with Crippen molar-refractivity contribution in [1.82, 2.24) is 10.3 Å². The van der Waals surface area contributed by atoms with Crippen LogP contribution in [0.4, 0.5) is 5.69 Å². The fraction of sp³-hybridized carbons (Fsp3) is 0.476. The van der Waals surface area contributed by atoms with Gasteiger partial charge in [0.2, 0.25) is 0 Å². The molecule has 2 aromatic rings. The molecule has 1 aromatic heterocycles. The first-order chi connectivity index (χ1) is 13.5. The third kappa shape index (κ3) is 5.58. The fourth-order valence-corrected chi connectivity index (χ4v) is 3.77. The van der Waals surface area contributed by atoms with Gasteiger partial charge in [-0.25, -0.2) is 4.98 Å². The van der Waals surface area contributed by atoms with Crippen molar-refractivity contribution in [3.05, 3.63) is 35.6 Å². The second-order valence-corrected chi connectivity index (χ2v) is 7.58. The topological polar surface area (TPSA) is 71.5 Å². The van der Waals surface area contributed by atoms with Gasteiger partial charge in [-0.15, -0.1) is 0 Å². The Kier molecular flexibility index (Phi) is 7.09. The van der Waals surface area contributed by atoms with Crippen LogP contribution in [-0.2, 0) is 14.3 Å². The summed E-state index contributed by atoms with van der Waals surface area (Å²) in [6, 6.07) is 8.30. The van der Waals surface area contributed by atoms with Gasteiger partial charge in [-0.3, -0.25) is 9.59 Å². The summed E-state index contributed by atoms with van der Waals surface area (Å²) in [4.78, 5) is 29.2. The van der Waals surface area contributed by atoms with E-state index in [0.29, 0.717) is 17.5 Å². The van der Waals surface area contributed by atoms with Gasteiger partial charge in [-0.05, 0) is 55.2 Å². The van der Waals surface area contributed by atoms with Crippen molar-refractivity contribution in [3.63, 3.8) is 0 Å². The molecule has 0 saturated carbocycles. The van der Waals surface area contributed by atoms with Gasteiger partial charge < -0.3 is 15.0 Å². The third-order valence-corrected chi connectivity index (χ3v) is 5.49. The molecule has 3 rings (SSSR count). The molecule has 0 unspecified atom stereocenters. The lowest BCUT2D eigenvalue weighted by Gasteiger charge is -2.33. The van der Waals surface area contributed by atoms with E-state index in [2.05, 4.69) is 33.4 Å². The van der Waals surface area contributed by atoms with Crippen molar-refractivity contribution in [2.24, 2.45) is 5.92 Å². The summed E-state index contributed by atoms with van der Waals surface area (Å²) in [5.41, 5.74) is 1.21. The van der Waals surface area contributed by atoms with Gasteiger partial charge in [0.25, 0.3) is 5.91 Å². The Morgan fingerprint density at radius 3 is 2.79 bits per heavy atom. The highest BCUT2D eigenvalue weighted by atomic mass is 35.5. The number of carbonyl (C=O) groups excluding carboxylic acids is 2. The van der Waals surface area contributed by atoms with Gasteiger partial charge in [0.15, 0.2) is 6.61 Å². The minimum absolute atomic E-state index is 0.194. The molecular formula is C21H26ClN3O3. The molecule has 0 aliphatic carbocycles. The smallest absolute Gasteiger partial charge is 0.306 e. The molecular weight excluding hydrogens is 378 g/mol. The number of likely N-dealkylation sites (N-methyl/N-ethyl adjacent to an activating group) is 1. The van der Waals surface area contributed by atoms with Crippen LogP contribution in [0.3, 0.4) is 0 Å². The second-order valence-electron chi connectivity index (χ2n) is 7.19. The van der Waals surface area contributed by atoms with E-state index >= 15 is 0 Å². The minimum atomic E-state index is -0.301. The molecule has 0 spiro atoms.